The van der Waals surface area contributed by atoms with Crippen molar-refractivity contribution >= 4 is 41.6 Å². The van der Waals surface area contributed by atoms with Gasteiger partial charge in [-0.2, -0.15) is 21.6 Å². The molecule has 0 aromatic heterocycles. The number of halogens is 11. The van der Waals surface area contributed by atoms with Gasteiger partial charge in [-0.3, -0.25) is 9.08 Å². The second-order valence-electron chi connectivity index (χ2n) is 22.8. The van der Waals surface area contributed by atoms with E-state index in [1.165, 1.54) is 11.0 Å². The van der Waals surface area contributed by atoms with Crippen LogP contribution in [-0.4, -0.2) is 169 Å². The first-order valence-corrected chi connectivity index (χ1v) is 31.8. The molecule has 4 aromatic carbocycles. The molecule has 85 heavy (non-hydrogen) atoms. The van der Waals surface area contributed by atoms with Crippen molar-refractivity contribution < 1.29 is 80.0 Å². The number of hydrogen-bond acceptors (Lipinski definition) is 9. The van der Waals surface area contributed by atoms with Gasteiger partial charge >= 0.3 is 27.7 Å². The summed E-state index contributed by atoms with van der Waals surface area (Å²) in [7, 11) is -4.59. The van der Waals surface area contributed by atoms with E-state index in [4.69, 9.17) is 4.43 Å². The number of nitrogens with one attached hydrogen (secondary N) is 1. The Kier molecular flexibility index (Phi) is 22.7. The monoisotopic (exact) mass is 1250 g/mol. The maximum absolute atomic E-state index is 15.0. The minimum absolute atomic E-state index is 0.0246. The largest absolute Gasteiger partial charge is 0.523 e. The van der Waals surface area contributed by atoms with Crippen molar-refractivity contribution in [3.05, 3.63) is 155 Å². The maximum Gasteiger partial charge on any atom is 0.523 e. The van der Waals surface area contributed by atoms with Crippen molar-refractivity contribution in [3.8, 4) is 0 Å². The number of nitrogens with zero attached hydrogens (tertiary/aromatic N) is 5. The molecule has 4 amide bonds. The summed E-state index contributed by atoms with van der Waals surface area (Å²) in [5.41, 5.74) is -5.16. The summed E-state index contributed by atoms with van der Waals surface area (Å²) >= 11 is 0. The average Bonchev–Trinajstić information content (AvgIpc) is 2.05. The Morgan fingerprint density at radius 3 is 1.55 bits per heavy atom. The van der Waals surface area contributed by atoms with E-state index in [-0.39, 0.29) is 66.6 Å². The number of likely N-dealkylation sites (tertiary alicyclic amines) is 1. The molecule has 0 aliphatic carbocycles. The molecule has 8 rings (SSSR count). The fourth-order valence-corrected chi connectivity index (χ4v) is 11.8. The molecule has 4 heterocycles. The van der Waals surface area contributed by atoms with Crippen LogP contribution in [0.1, 0.15) is 68.7 Å². The number of carbonyl (C=O) groups excluding carboxylic acids is 2. The summed E-state index contributed by atoms with van der Waals surface area (Å²) in [4.78, 5) is 36.4. The Morgan fingerprint density at radius 2 is 1.13 bits per heavy atom. The first kappa shape index (κ1) is 68.2. The first-order valence-electron chi connectivity index (χ1n) is 27.5. The zero-order chi connectivity index (χ0) is 62.9. The second-order valence-corrected chi connectivity index (χ2v) is 29.2. The van der Waals surface area contributed by atoms with Gasteiger partial charge in [0.25, 0.3) is 12.9 Å². The Labute approximate surface area is 490 Å². The SMILES string of the molecule is CN(C(=O)N1CC(c2cc(F)ccc2F)=CC1(CO)c1ccccc1)C1CCN(CC(F)F)CC1.CN(C(=O)N1CC(c2cc(F)ccc2F)=CC1(CO[Si](C)(C)C(C)(C)C)c1ccccc1)C1CCNCC1.O=S(=O)(OCC(F)F)C(F)(F)F. The highest BCUT2D eigenvalue weighted by atomic mass is 32.2. The molecule has 0 spiro atoms. The van der Waals surface area contributed by atoms with Crippen molar-refractivity contribution in [3.63, 3.8) is 0 Å². The highest BCUT2D eigenvalue weighted by Gasteiger charge is 2.51. The van der Waals surface area contributed by atoms with Crippen LogP contribution in [-0.2, 0) is 29.8 Å². The molecule has 0 saturated carbocycles. The van der Waals surface area contributed by atoms with Gasteiger partial charge in [0.2, 0.25) is 0 Å². The van der Waals surface area contributed by atoms with Crippen LogP contribution in [0, 0.1) is 23.3 Å². The molecule has 0 bridgehead atoms. The van der Waals surface area contributed by atoms with E-state index in [1.807, 2.05) is 54.4 Å². The molecule has 4 aliphatic rings. The van der Waals surface area contributed by atoms with Crippen LogP contribution in [0.2, 0.25) is 18.1 Å². The first-order chi connectivity index (χ1) is 39.8. The fraction of sp³-hybridized carbons (Fsp3) is 0.492. The van der Waals surface area contributed by atoms with Crippen molar-refractivity contribution in [2.24, 2.45) is 0 Å². The standard InChI is InChI=1S/C30H41F2N3O2Si.C26H29F4N3O2.C3H3F5O3S/c1-29(2,3)38(5,6)37-21-30(23-10-8-7-9-11-23)19-22(26-18-24(31)12-13-27(26)32)20-35(30)28(36)34(4)25-14-16-33-17-15-25;1-31(21-9-11-32(12-10-21)16-24(29)30)25(35)33-15-18(22-13-20(27)7-8-23(22)28)14-26(33,17-34)19-5-3-2-4-6-19;4-2(5)1-11-12(9,10)3(6,7)8/h7-13,18-19,25,33H,14-17,20-21H2,1-6H3;2-8,13-14,21,24,34H,9-12,15-17H2,1H3;2H,1H2. The van der Waals surface area contributed by atoms with Crippen molar-refractivity contribution in [1.82, 2.24) is 29.8 Å². The van der Waals surface area contributed by atoms with Crippen LogP contribution in [0.25, 0.3) is 11.1 Å². The number of alkyl halides is 7. The Balaban J connectivity index is 0.000000229. The number of rotatable bonds is 15. The van der Waals surface area contributed by atoms with Gasteiger partial charge in [0.15, 0.2) is 8.32 Å². The van der Waals surface area contributed by atoms with Crippen LogP contribution < -0.4 is 5.32 Å². The molecule has 2 atom stereocenters. The highest BCUT2D eigenvalue weighted by Crippen LogP contribution is 2.46. The van der Waals surface area contributed by atoms with Gasteiger partial charge in [-0.15, -0.1) is 0 Å². The summed E-state index contributed by atoms with van der Waals surface area (Å²) in [6.07, 6.45) is 0.722. The number of amides is 4. The number of carbonyl (C=O) groups is 2. The van der Waals surface area contributed by atoms with Gasteiger partial charge in [0.05, 0.1) is 19.8 Å². The summed E-state index contributed by atoms with van der Waals surface area (Å²) < 4.78 is 169. The second kappa shape index (κ2) is 28.3. The molecular weight excluding hydrogens is 1170 g/mol. The third kappa shape index (κ3) is 16.4. The molecule has 468 valence electrons. The Hall–Kier alpha value is -5.90. The molecular formula is C59H73F11N6O7SSi. The van der Waals surface area contributed by atoms with Gasteiger partial charge in [-0.25, -0.2) is 44.7 Å². The minimum Gasteiger partial charge on any atom is -0.414 e. The fourth-order valence-electron chi connectivity index (χ4n) is 10.4. The van der Waals surface area contributed by atoms with E-state index >= 15 is 4.39 Å². The molecule has 2 unspecified atom stereocenters. The third-order valence-electron chi connectivity index (χ3n) is 16.3. The number of aliphatic hydroxyl groups is 1. The highest BCUT2D eigenvalue weighted by molar-refractivity contribution is 7.87. The third-order valence-corrected chi connectivity index (χ3v) is 21.8. The zero-order valence-electron chi connectivity index (χ0n) is 48.3. The zero-order valence-corrected chi connectivity index (χ0v) is 50.1. The topological polar surface area (TPSA) is 135 Å². The van der Waals surface area contributed by atoms with Gasteiger partial charge in [0, 0.05) is 63.5 Å². The lowest BCUT2D eigenvalue weighted by atomic mass is 9.89. The van der Waals surface area contributed by atoms with E-state index in [0.717, 1.165) is 61.8 Å². The van der Waals surface area contributed by atoms with Gasteiger partial charge in [-0.1, -0.05) is 81.4 Å². The lowest BCUT2D eigenvalue weighted by Gasteiger charge is -2.45. The molecule has 2 N–H and O–H groups in total. The van der Waals surface area contributed by atoms with E-state index < -0.39 is 84.4 Å². The lowest BCUT2D eigenvalue weighted by molar-refractivity contribution is -0.0572. The molecule has 26 heteroatoms. The predicted molar refractivity (Wildman–Crippen MR) is 303 cm³/mol. The normalized spacial score (nSPS) is 20.2. The maximum atomic E-state index is 15.0. The molecule has 2 fully saturated rings. The minimum atomic E-state index is -5.87. The summed E-state index contributed by atoms with van der Waals surface area (Å²) in [5, 5.41) is 13.9. The Bertz CT molecular complexity index is 3070. The summed E-state index contributed by atoms with van der Waals surface area (Å²) in [6.45, 7) is 11.4. The van der Waals surface area contributed by atoms with E-state index in [0.29, 0.717) is 42.6 Å². The molecule has 2 saturated heterocycles. The van der Waals surface area contributed by atoms with Crippen LogP contribution in [0.4, 0.5) is 57.9 Å². The number of aliphatic hydroxyl groups excluding tert-OH is 1. The molecule has 4 aromatic rings. The molecule has 13 nitrogen and oxygen atoms in total. The van der Waals surface area contributed by atoms with Crippen LogP contribution >= 0.6 is 0 Å². The average molecular weight is 1250 g/mol. The van der Waals surface area contributed by atoms with E-state index in [2.05, 4.69) is 43.4 Å². The van der Waals surface area contributed by atoms with Crippen molar-refractivity contribution in [1.29, 1.82) is 0 Å². The van der Waals surface area contributed by atoms with Crippen molar-refractivity contribution in [2.75, 3.05) is 79.7 Å². The van der Waals surface area contributed by atoms with Gasteiger partial charge in [-0.05, 0) is 128 Å². The summed E-state index contributed by atoms with van der Waals surface area (Å²) in [5.74, 6) is -2.24. The molecule has 0 radical (unpaired) electrons. The predicted octanol–water partition coefficient (Wildman–Crippen LogP) is 11.8. The van der Waals surface area contributed by atoms with Crippen LogP contribution in [0.15, 0.2) is 109 Å². The van der Waals surface area contributed by atoms with Crippen molar-refractivity contribution in [2.45, 2.75) is 106 Å². The smallest absolute Gasteiger partial charge is 0.414 e. The number of piperidine rings is 2. The van der Waals surface area contributed by atoms with E-state index in [9.17, 15) is 67.0 Å². The number of urea groups is 2. The molecule has 4 aliphatic heterocycles. The van der Waals surface area contributed by atoms with Crippen LogP contribution in [0.3, 0.4) is 0 Å². The Morgan fingerprint density at radius 1 is 0.694 bits per heavy atom. The number of benzene rings is 4. The summed E-state index contributed by atoms with van der Waals surface area (Å²) in [6, 6.07) is 24.8. The number of hydrogen-bond donors (Lipinski definition) is 2. The lowest BCUT2D eigenvalue weighted by Crippen LogP contribution is -2.57. The van der Waals surface area contributed by atoms with E-state index in [1.54, 1.807) is 52.1 Å². The van der Waals surface area contributed by atoms with Gasteiger partial charge in [0.1, 0.15) is 41.0 Å². The van der Waals surface area contributed by atoms with Crippen LogP contribution in [0.5, 0.6) is 0 Å². The quantitative estimate of drug-likeness (QED) is 0.0516. The van der Waals surface area contributed by atoms with Gasteiger partial charge < -0.3 is 34.4 Å².